The molecule has 1 heterocycles. The fourth-order valence-corrected chi connectivity index (χ4v) is 1.82. The Hall–Kier alpha value is -1.50. The lowest BCUT2D eigenvalue weighted by Gasteiger charge is -2.21. The maximum Gasteiger partial charge on any atom is 0.356 e. The van der Waals surface area contributed by atoms with Gasteiger partial charge in [-0.3, -0.25) is 4.90 Å². The van der Waals surface area contributed by atoms with Crippen LogP contribution < -0.4 is 10.6 Å². The Bertz CT molecular complexity index is 404. The molecule has 20 heavy (non-hydrogen) atoms. The number of carbonyl (C=O) groups excluding carboxylic acids is 1. The number of nitrogens with one attached hydrogen (secondary N) is 2. The number of hydrogen-bond donors (Lipinski definition) is 2. The van der Waals surface area contributed by atoms with E-state index in [4.69, 9.17) is 4.74 Å². The highest BCUT2D eigenvalue weighted by Gasteiger charge is 2.10. The number of aromatic nitrogens is 1. The Morgan fingerprint density at radius 2 is 1.90 bits per heavy atom. The summed E-state index contributed by atoms with van der Waals surface area (Å²) in [6, 6.07) is 5.43. The summed E-state index contributed by atoms with van der Waals surface area (Å²) in [6.07, 6.45) is 0. The van der Waals surface area contributed by atoms with E-state index in [0.717, 1.165) is 31.9 Å². The number of nitrogens with zero attached hydrogens (tertiary/aromatic N) is 2. The van der Waals surface area contributed by atoms with E-state index in [1.54, 1.807) is 6.07 Å². The van der Waals surface area contributed by atoms with Crippen molar-refractivity contribution in [2.45, 2.75) is 6.54 Å². The minimum absolute atomic E-state index is 0.354. The molecule has 1 aromatic rings. The van der Waals surface area contributed by atoms with Crippen molar-refractivity contribution in [1.29, 1.82) is 0 Å². The topological polar surface area (TPSA) is 66.5 Å². The first-order chi connectivity index (χ1) is 9.71. The second-order valence-corrected chi connectivity index (χ2v) is 4.49. The van der Waals surface area contributed by atoms with Crippen LogP contribution in [-0.4, -0.2) is 63.2 Å². The van der Waals surface area contributed by atoms with Gasteiger partial charge in [0.2, 0.25) is 0 Å². The maximum atomic E-state index is 11.5. The fourth-order valence-electron chi connectivity index (χ4n) is 1.82. The first kappa shape index (κ1) is 16.6. The highest BCUT2D eigenvalue weighted by atomic mass is 16.5. The van der Waals surface area contributed by atoms with Crippen molar-refractivity contribution in [3.63, 3.8) is 0 Å². The van der Waals surface area contributed by atoms with Gasteiger partial charge in [-0.1, -0.05) is 6.07 Å². The number of hydrogen-bond acceptors (Lipinski definition) is 6. The van der Waals surface area contributed by atoms with E-state index in [1.807, 2.05) is 26.2 Å². The van der Waals surface area contributed by atoms with Gasteiger partial charge in [0.05, 0.1) is 12.8 Å². The molecule has 1 rings (SSSR count). The van der Waals surface area contributed by atoms with E-state index in [0.29, 0.717) is 12.2 Å². The van der Waals surface area contributed by atoms with Crippen LogP contribution in [0, 0.1) is 0 Å². The second kappa shape index (κ2) is 9.41. The largest absolute Gasteiger partial charge is 0.464 e. The smallest absolute Gasteiger partial charge is 0.356 e. The lowest BCUT2D eigenvalue weighted by molar-refractivity contribution is 0.0593. The fraction of sp³-hybridized carbons (Fsp3) is 0.571. The van der Waals surface area contributed by atoms with Crippen molar-refractivity contribution in [2.24, 2.45) is 0 Å². The average molecular weight is 280 g/mol. The number of methoxy groups -OCH3 is 1. The highest BCUT2D eigenvalue weighted by molar-refractivity contribution is 5.87. The van der Waals surface area contributed by atoms with E-state index in [2.05, 4.69) is 20.5 Å². The summed E-state index contributed by atoms with van der Waals surface area (Å²) in [6.45, 7) is 4.42. The molecule has 0 fully saturated rings. The summed E-state index contributed by atoms with van der Waals surface area (Å²) in [4.78, 5) is 18.1. The van der Waals surface area contributed by atoms with Gasteiger partial charge in [-0.15, -0.1) is 0 Å². The minimum atomic E-state index is -0.399. The molecule has 6 nitrogen and oxygen atoms in total. The van der Waals surface area contributed by atoms with Gasteiger partial charge in [-0.05, 0) is 26.2 Å². The van der Waals surface area contributed by atoms with Gasteiger partial charge >= 0.3 is 5.97 Å². The molecule has 0 bridgehead atoms. The van der Waals surface area contributed by atoms with E-state index < -0.39 is 5.97 Å². The van der Waals surface area contributed by atoms with Crippen LogP contribution in [0.15, 0.2) is 18.2 Å². The number of ether oxygens (including phenoxy) is 1. The minimum Gasteiger partial charge on any atom is -0.464 e. The number of pyridine rings is 1. The number of carbonyl (C=O) groups is 1. The van der Waals surface area contributed by atoms with E-state index in [-0.39, 0.29) is 0 Å². The standard InChI is InChI=1S/C14H24N4O2/c1-15-7-9-18(10-8-16-2)11-12-5-4-6-13(17-12)14(19)20-3/h4-6,15-16H,7-11H2,1-3H3. The van der Waals surface area contributed by atoms with Crippen molar-refractivity contribution in [3.8, 4) is 0 Å². The van der Waals surface area contributed by atoms with Crippen molar-refractivity contribution in [3.05, 3.63) is 29.6 Å². The maximum absolute atomic E-state index is 11.5. The molecule has 6 heteroatoms. The molecule has 0 aliphatic heterocycles. The molecule has 112 valence electrons. The van der Waals surface area contributed by atoms with Crippen LogP contribution >= 0.6 is 0 Å². The third-order valence-corrected chi connectivity index (χ3v) is 2.94. The van der Waals surface area contributed by atoms with Gasteiger partial charge in [0.25, 0.3) is 0 Å². The summed E-state index contributed by atoms with van der Waals surface area (Å²) in [5, 5.41) is 6.29. The van der Waals surface area contributed by atoms with Gasteiger partial charge in [-0.2, -0.15) is 0 Å². The van der Waals surface area contributed by atoms with Crippen LogP contribution in [0.25, 0.3) is 0 Å². The van der Waals surface area contributed by atoms with Crippen LogP contribution in [0.3, 0.4) is 0 Å². The highest BCUT2D eigenvalue weighted by Crippen LogP contribution is 2.04. The lowest BCUT2D eigenvalue weighted by atomic mass is 10.2. The molecule has 0 amide bonds. The van der Waals surface area contributed by atoms with Gasteiger partial charge in [0, 0.05) is 32.7 Å². The summed E-state index contributed by atoms with van der Waals surface area (Å²) < 4.78 is 4.69. The normalized spacial score (nSPS) is 10.8. The SMILES string of the molecule is CNCCN(CCNC)Cc1cccc(C(=O)OC)n1. The van der Waals surface area contributed by atoms with Gasteiger partial charge in [0.15, 0.2) is 0 Å². The molecule has 0 atom stereocenters. The number of esters is 1. The third kappa shape index (κ3) is 5.64. The second-order valence-electron chi connectivity index (χ2n) is 4.49. The molecule has 0 aliphatic rings. The van der Waals surface area contributed by atoms with Crippen LogP contribution in [0.1, 0.15) is 16.2 Å². The van der Waals surface area contributed by atoms with E-state index in [9.17, 15) is 4.79 Å². The predicted octanol–water partition coefficient (Wildman–Crippen LogP) is 0.109. The average Bonchev–Trinajstić information content (AvgIpc) is 2.49. The zero-order valence-corrected chi connectivity index (χ0v) is 12.5. The van der Waals surface area contributed by atoms with E-state index in [1.165, 1.54) is 7.11 Å². The number of rotatable bonds is 9. The van der Waals surface area contributed by atoms with Crippen molar-refractivity contribution >= 4 is 5.97 Å². The summed E-state index contributed by atoms with van der Waals surface area (Å²) in [5.41, 5.74) is 1.23. The third-order valence-electron chi connectivity index (χ3n) is 2.94. The molecule has 1 aromatic heterocycles. The van der Waals surface area contributed by atoms with Gasteiger partial charge in [0.1, 0.15) is 5.69 Å². The number of likely N-dealkylation sites (N-methyl/N-ethyl adjacent to an activating group) is 2. The summed E-state index contributed by atoms with van der Waals surface area (Å²) in [7, 11) is 5.24. The monoisotopic (exact) mass is 280 g/mol. The molecule has 0 aromatic carbocycles. The predicted molar refractivity (Wildman–Crippen MR) is 78.7 cm³/mol. The quantitative estimate of drug-likeness (QED) is 0.626. The first-order valence-corrected chi connectivity index (χ1v) is 6.77. The molecule has 0 saturated carbocycles. The van der Waals surface area contributed by atoms with Crippen LogP contribution in [-0.2, 0) is 11.3 Å². The molecular formula is C14H24N4O2. The lowest BCUT2D eigenvalue weighted by Crippen LogP contribution is -2.35. The van der Waals surface area contributed by atoms with Crippen molar-refractivity contribution < 1.29 is 9.53 Å². The Balaban J connectivity index is 2.68. The Morgan fingerprint density at radius 1 is 1.25 bits per heavy atom. The summed E-state index contributed by atoms with van der Waals surface area (Å²) >= 11 is 0. The molecule has 0 aliphatic carbocycles. The molecule has 0 spiro atoms. The summed E-state index contributed by atoms with van der Waals surface area (Å²) in [5.74, 6) is -0.399. The van der Waals surface area contributed by atoms with Gasteiger partial charge in [-0.25, -0.2) is 9.78 Å². The molecule has 0 radical (unpaired) electrons. The first-order valence-electron chi connectivity index (χ1n) is 6.77. The van der Waals surface area contributed by atoms with Crippen molar-refractivity contribution in [2.75, 3.05) is 47.4 Å². The Kier molecular flexibility index (Phi) is 7.79. The molecular weight excluding hydrogens is 256 g/mol. The molecule has 2 N–H and O–H groups in total. The molecule has 0 unspecified atom stereocenters. The zero-order valence-electron chi connectivity index (χ0n) is 12.5. The van der Waals surface area contributed by atoms with Crippen LogP contribution in [0.5, 0.6) is 0 Å². The van der Waals surface area contributed by atoms with Crippen LogP contribution in [0.2, 0.25) is 0 Å². The Morgan fingerprint density at radius 3 is 2.45 bits per heavy atom. The van der Waals surface area contributed by atoms with Crippen molar-refractivity contribution in [1.82, 2.24) is 20.5 Å². The van der Waals surface area contributed by atoms with Crippen LogP contribution in [0.4, 0.5) is 0 Å². The zero-order chi connectivity index (χ0) is 14.8. The molecule has 0 saturated heterocycles. The van der Waals surface area contributed by atoms with Gasteiger partial charge < -0.3 is 15.4 Å². The Labute approximate surface area is 120 Å². The van der Waals surface area contributed by atoms with E-state index >= 15 is 0 Å².